The Balaban J connectivity index is 1.93. The van der Waals surface area contributed by atoms with Crippen LogP contribution in [-0.2, 0) is 10.0 Å². The van der Waals surface area contributed by atoms with Crippen molar-refractivity contribution in [2.45, 2.75) is 80.4 Å². The fraction of sp³-hybridized carbons (Fsp3) is 0.667. The van der Waals surface area contributed by atoms with Gasteiger partial charge in [0.1, 0.15) is 11.3 Å². The van der Waals surface area contributed by atoms with Gasteiger partial charge in [-0.15, -0.1) is 0 Å². The number of sulfonamides is 1. The van der Waals surface area contributed by atoms with Gasteiger partial charge in [-0.3, -0.25) is 0 Å². The molecule has 1 aromatic carbocycles. The van der Waals surface area contributed by atoms with Crippen molar-refractivity contribution in [2.75, 3.05) is 0 Å². The molecule has 2 aliphatic carbocycles. The van der Waals surface area contributed by atoms with Crippen LogP contribution >= 0.6 is 23.6 Å². The second-order valence-corrected chi connectivity index (χ2v) is 12.2. The molecule has 2 fully saturated rings. The smallest absolute Gasteiger partial charge is 0.196 e. The van der Waals surface area contributed by atoms with Crippen LogP contribution in [0.25, 0.3) is 0 Å². The van der Waals surface area contributed by atoms with E-state index in [-0.39, 0.29) is 0 Å². The monoisotopic (exact) mass is 430 g/mol. The highest BCUT2D eigenvalue weighted by molar-refractivity contribution is 9.10. The van der Waals surface area contributed by atoms with Gasteiger partial charge in [-0.2, -0.15) is 8.42 Å². The van der Waals surface area contributed by atoms with Crippen molar-refractivity contribution in [3.63, 3.8) is 0 Å². The third-order valence-corrected chi connectivity index (χ3v) is 10.8. The van der Waals surface area contributed by atoms with Gasteiger partial charge in [-0.25, -0.2) is 0 Å². The lowest BCUT2D eigenvalue weighted by Gasteiger charge is -2.22. The Kier molecular flexibility index (Phi) is 6.50. The minimum absolute atomic E-state index is 0.338. The van der Waals surface area contributed by atoms with E-state index in [1.165, 1.54) is 64.2 Å². The van der Waals surface area contributed by atoms with Crippen LogP contribution in [0.1, 0.15) is 64.2 Å². The van der Waals surface area contributed by atoms with Gasteiger partial charge in [0.15, 0.2) is 0 Å². The van der Waals surface area contributed by atoms with Gasteiger partial charge in [-0.1, -0.05) is 28.8 Å². The minimum Gasteiger partial charge on any atom is -0.196 e. The predicted molar refractivity (Wildman–Crippen MR) is 104 cm³/mol. The summed E-state index contributed by atoms with van der Waals surface area (Å²) in [6.45, 7) is 0. The average molecular weight is 431 g/mol. The molecule has 2 aliphatic rings. The first-order valence-corrected chi connectivity index (χ1v) is 12.7. The van der Waals surface area contributed by atoms with Crippen LogP contribution in [0, 0.1) is 0 Å². The molecule has 3 nitrogen and oxygen atoms in total. The summed E-state index contributed by atoms with van der Waals surface area (Å²) in [6.07, 6.45) is 12.2. The summed E-state index contributed by atoms with van der Waals surface area (Å²) in [7, 11) is -4.33. The number of hydrogen-bond donors (Lipinski definition) is 0. The van der Waals surface area contributed by atoms with E-state index in [9.17, 15) is 8.42 Å². The molecule has 24 heavy (non-hydrogen) atoms. The molecule has 0 unspecified atom stereocenters. The first kappa shape index (κ1) is 18.5. The molecule has 1 aromatic rings. The van der Waals surface area contributed by atoms with E-state index in [1.807, 2.05) is 0 Å². The van der Waals surface area contributed by atoms with Crippen molar-refractivity contribution in [3.8, 4) is 0 Å². The largest absolute Gasteiger partial charge is 0.316 e. The Morgan fingerprint density at radius 3 is 1.75 bits per heavy atom. The fourth-order valence-corrected chi connectivity index (χ4v) is 9.47. The van der Waals surface area contributed by atoms with E-state index in [0.717, 1.165) is 4.47 Å². The normalized spacial score (nSPS) is 20.7. The number of benzene rings is 1. The van der Waals surface area contributed by atoms with Crippen LogP contribution in [-0.4, -0.2) is 19.7 Å². The first-order chi connectivity index (χ1) is 11.6. The Bertz CT molecular complexity index is 655. The molecule has 0 spiro atoms. The highest BCUT2D eigenvalue weighted by Crippen LogP contribution is 2.50. The van der Waals surface area contributed by atoms with Crippen molar-refractivity contribution in [1.82, 2.24) is 0 Å². The van der Waals surface area contributed by atoms with Crippen LogP contribution in [0.4, 0.5) is 0 Å². The quantitative estimate of drug-likeness (QED) is 0.513. The predicted octanol–water partition coefficient (Wildman–Crippen LogP) is 6.47. The lowest BCUT2D eigenvalue weighted by Crippen LogP contribution is -2.17. The third kappa shape index (κ3) is 4.68. The topological polar surface area (TPSA) is 46.5 Å². The highest BCUT2D eigenvalue weighted by atomic mass is 79.9. The lowest BCUT2D eigenvalue weighted by atomic mass is 10.00. The van der Waals surface area contributed by atoms with E-state index in [2.05, 4.69) is 20.1 Å². The van der Waals surface area contributed by atoms with E-state index in [1.54, 1.807) is 24.3 Å². The van der Waals surface area contributed by atoms with E-state index >= 15 is 0 Å². The second-order valence-electron chi connectivity index (χ2n) is 6.97. The van der Waals surface area contributed by atoms with Crippen molar-refractivity contribution in [1.29, 1.82) is 0 Å². The zero-order valence-corrected chi connectivity index (χ0v) is 17.3. The maximum atomic E-state index is 12.9. The molecule has 0 amide bonds. The van der Waals surface area contributed by atoms with Gasteiger partial charge in [0.25, 0.3) is 0 Å². The molecule has 0 bridgehead atoms. The molecule has 0 saturated heterocycles. The molecule has 132 valence electrons. The summed E-state index contributed by atoms with van der Waals surface area (Å²) < 4.78 is 31.2. The molecule has 0 N–H and O–H groups in total. The van der Waals surface area contributed by atoms with Crippen molar-refractivity contribution in [2.24, 2.45) is 4.15 Å². The van der Waals surface area contributed by atoms with Crippen molar-refractivity contribution < 1.29 is 8.42 Å². The average Bonchev–Trinajstić information content (AvgIpc) is 2.62. The zero-order chi connectivity index (χ0) is 17.0. The van der Waals surface area contributed by atoms with Crippen LogP contribution in [0.15, 0.2) is 37.8 Å². The highest BCUT2D eigenvalue weighted by Gasteiger charge is 2.39. The van der Waals surface area contributed by atoms with Crippen molar-refractivity contribution in [3.05, 3.63) is 28.7 Å². The van der Waals surface area contributed by atoms with Crippen LogP contribution in [0.5, 0.6) is 0 Å². The third-order valence-electron chi connectivity index (χ3n) is 5.21. The lowest BCUT2D eigenvalue weighted by molar-refractivity contribution is 0.487. The molecule has 0 atom stereocenters. The van der Waals surface area contributed by atoms with E-state index < -0.39 is 17.7 Å². The summed E-state index contributed by atoms with van der Waals surface area (Å²) >= 11 is 3.37. The van der Waals surface area contributed by atoms with Crippen molar-refractivity contribution >= 4 is 33.7 Å². The zero-order valence-electron chi connectivity index (χ0n) is 14.0. The molecular formula is C18H26BrNO2PS+. The maximum Gasteiger partial charge on any atom is 0.316 e. The Hall–Kier alpha value is -0.250. The molecule has 0 aromatic heterocycles. The van der Waals surface area contributed by atoms with Gasteiger partial charge < -0.3 is 0 Å². The van der Waals surface area contributed by atoms with E-state index in [0.29, 0.717) is 16.2 Å². The standard InChI is InChI=1S/C18H26BrNO2PS/c19-15-11-13-18(14-12-15)24(21,22)20-23(16-7-3-1-4-8-16)17-9-5-2-6-10-17/h11-14,16-17H,1-10H2/q+1. The fourth-order valence-electron chi connectivity index (χ4n) is 3.90. The maximum absolute atomic E-state index is 12.9. The number of halogens is 1. The summed E-state index contributed by atoms with van der Waals surface area (Å²) in [4.78, 5) is 0.338. The van der Waals surface area contributed by atoms with Gasteiger partial charge in [0, 0.05) is 8.62 Å². The molecule has 0 heterocycles. The summed E-state index contributed by atoms with van der Waals surface area (Å²) in [5.74, 6) is 0. The molecule has 0 aliphatic heterocycles. The Morgan fingerprint density at radius 1 is 0.833 bits per heavy atom. The summed E-state index contributed by atoms with van der Waals surface area (Å²) in [6, 6.07) is 6.90. The van der Waals surface area contributed by atoms with Gasteiger partial charge in [0.2, 0.25) is 7.71 Å². The second kappa shape index (κ2) is 8.42. The van der Waals surface area contributed by atoms with Crippen LogP contribution < -0.4 is 0 Å². The summed E-state index contributed by atoms with van der Waals surface area (Å²) in [5, 5.41) is 0. The van der Waals surface area contributed by atoms with Gasteiger partial charge >= 0.3 is 10.0 Å². The molecule has 2 saturated carbocycles. The number of hydrogen-bond acceptors (Lipinski definition) is 2. The van der Waals surface area contributed by atoms with Gasteiger partial charge in [0.05, 0.1) is 4.90 Å². The first-order valence-electron chi connectivity index (χ1n) is 9.08. The van der Waals surface area contributed by atoms with Crippen LogP contribution in [0.3, 0.4) is 0 Å². The minimum atomic E-state index is -3.54. The van der Waals surface area contributed by atoms with E-state index in [4.69, 9.17) is 0 Å². The molecule has 3 rings (SSSR count). The molecular weight excluding hydrogens is 405 g/mol. The van der Waals surface area contributed by atoms with Crippen LogP contribution in [0.2, 0.25) is 0 Å². The Morgan fingerprint density at radius 2 is 1.29 bits per heavy atom. The number of nitrogens with zero attached hydrogens (tertiary/aromatic N) is 1. The number of rotatable bonds is 4. The summed E-state index contributed by atoms with van der Waals surface area (Å²) in [5.41, 5.74) is 1.03. The SMILES string of the molecule is O=S(=O)(N=[P+](C1CCCCC1)C1CCCCC1)c1ccc(Br)cc1. The molecule has 6 heteroatoms. The molecule has 0 radical (unpaired) electrons. The van der Waals surface area contributed by atoms with Gasteiger partial charge in [-0.05, 0) is 75.6 Å². The Labute approximate surface area is 155 Å².